The predicted octanol–water partition coefficient (Wildman–Crippen LogP) is 1.02. The van der Waals surface area contributed by atoms with Crippen molar-refractivity contribution in [2.45, 2.75) is 25.4 Å². The molecule has 0 radical (unpaired) electrons. The molecule has 1 saturated heterocycles. The molecule has 2 atom stereocenters. The summed E-state index contributed by atoms with van der Waals surface area (Å²) in [5, 5.41) is 5.51. The molecule has 2 aliphatic rings. The molecule has 1 aromatic carbocycles. The lowest BCUT2D eigenvalue weighted by Gasteiger charge is -2.26. The molecule has 2 unspecified atom stereocenters. The zero-order chi connectivity index (χ0) is 12.7. The van der Waals surface area contributed by atoms with Crippen LogP contribution in [-0.4, -0.2) is 11.8 Å². The SMILES string of the molecule is O=C1CCC(C2NCc3c(F)cccc32)C(=O)N1. The van der Waals surface area contributed by atoms with Gasteiger partial charge >= 0.3 is 0 Å². The summed E-state index contributed by atoms with van der Waals surface area (Å²) < 4.78 is 13.6. The molecule has 2 heterocycles. The molecule has 1 fully saturated rings. The van der Waals surface area contributed by atoms with Gasteiger partial charge in [-0.25, -0.2) is 4.39 Å². The van der Waals surface area contributed by atoms with Crippen LogP contribution >= 0.6 is 0 Å². The predicted molar refractivity (Wildman–Crippen MR) is 61.9 cm³/mol. The van der Waals surface area contributed by atoms with E-state index >= 15 is 0 Å². The van der Waals surface area contributed by atoms with Crippen LogP contribution in [0.2, 0.25) is 0 Å². The van der Waals surface area contributed by atoms with Gasteiger partial charge in [0.2, 0.25) is 11.8 Å². The fourth-order valence-corrected chi connectivity index (χ4v) is 2.76. The molecular formula is C13H13FN2O2. The topological polar surface area (TPSA) is 58.2 Å². The number of halogens is 1. The van der Waals surface area contributed by atoms with Crippen LogP contribution in [0.5, 0.6) is 0 Å². The molecular weight excluding hydrogens is 235 g/mol. The van der Waals surface area contributed by atoms with Gasteiger partial charge in [-0.15, -0.1) is 0 Å². The molecule has 0 aliphatic carbocycles. The highest BCUT2D eigenvalue weighted by Crippen LogP contribution is 2.35. The Morgan fingerprint density at radius 2 is 2.11 bits per heavy atom. The van der Waals surface area contributed by atoms with Crippen LogP contribution in [0, 0.1) is 11.7 Å². The number of benzene rings is 1. The van der Waals surface area contributed by atoms with Crippen LogP contribution < -0.4 is 10.6 Å². The summed E-state index contributed by atoms with van der Waals surface area (Å²) >= 11 is 0. The van der Waals surface area contributed by atoms with Crippen molar-refractivity contribution in [3.05, 3.63) is 35.1 Å². The van der Waals surface area contributed by atoms with Crippen molar-refractivity contribution in [1.29, 1.82) is 0 Å². The first-order chi connectivity index (χ1) is 8.66. The van der Waals surface area contributed by atoms with Crippen LogP contribution in [0.3, 0.4) is 0 Å². The van der Waals surface area contributed by atoms with Crippen molar-refractivity contribution in [3.8, 4) is 0 Å². The van der Waals surface area contributed by atoms with Crippen LogP contribution in [0.1, 0.15) is 30.0 Å². The van der Waals surface area contributed by atoms with Crippen LogP contribution in [-0.2, 0) is 16.1 Å². The average Bonchev–Trinajstić information content (AvgIpc) is 2.74. The Morgan fingerprint density at radius 1 is 1.28 bits per heavy atom. The van der Waals surface area contributed by atoms with Gasteiger partial charge in [-0.1, -0.05) is 12.1 Å². The highest BCUT2D eigenvalue weighted by atomic mass is 19.1. The van der Waals surface area contributed by atoms with Gasteiger partial charge in [-0.2, -0.15) is 0 Å². The highest BCUT2D eigenvalue weighted by Gasteiger charge is 2.37. The molecule has 3 rings (SSSR count). The Morgan fingerprint density at radius 3 is 2.89 bits per heavy atom. The normalized spacial score (nSPS) is 26.9. The summed E-state index contributed by atoms with van der Waals surface area (Å²) in [4.78, 5) is 22.9. The lowest BCUT2D eigenvalue weighted by atomic mass is 9.87. The molecule has 5 heteroatoms. The number of imide groups is 1. The van der Waals surface area contributed by atoms with Gasteiger partial charge in [-0.05, 0) is 18.1 Å². The van der Waals surface area contributed by atoms with E-state index in [-0.39, 0.29) is 29.6 Å². The first-order valence-electron chi connectivity index (χ1n) is 6.01. The van der Waals surface area contributed by atoms with E-state index in [1.165, 1.54) is 6.07 Å². The van der Waals surface area contributed by atoms with Gasteiger partial charge in [0.05, 0.1) is 5.92 Å². The number of amides is 2. The molecule has 18 heavy (non-hydrogen) atoms. The highest BCUT2D eigenvalue weighted by molar-refractivity contribution is 5.99. The van der Waals surface area contributed by atoms with Gasteiger partial charge in [0.1, 0.15) is 5.82 Å². The number of fused-ring (bicyclic) bond motifs is 1. The second kappa shape index (κ2) is 4.17. The Hall–Kier alpha value is -1.75. The lowest BCUT2D eigenvalue weighted by molar-refractivity contribution is -0.137. The molecule has 94 valence electrons. The first kappa shape index (κ1) is 11.3. The maximum absolute atomic E-state index is 13.6. The van der Waals surface area contributed by atoms with Gasteiger partial charge in [0.15, 0.2) is 0 Å². The average molecular weight is 248 g/mol. The second-order valence-corrected chi connectivity index (χ2v) is 4.72. The van der Waals surface area contributed by atoms with Crippen molar-refractivity contribution in [3.63, 3.8) is 0 Å². The minimum Gasteiger partial charge on any atom is -0.305 e. The van der Waals surface area contributed by atoms with E-state index in [4.69, 9.17) is 0 Å². The minimum absolute atomic E-state index is 0.191. The van der Waals surface area contributed by atoms with Crippen molar-refractivity contribution in [2.24, 2.45) is 5.92 Å². The number of nitrogens with one attached hydrogen (secondary N) is 2. The van der Waals surface area contributed by atoms with Crippen molar-refractivity contribution < 1.29 is 14.0 Å². The third-order valence-corrected chi connectivity index (χ3v) is 3.67. The Labute approximate surface area is 104 Å². The fraction of sp³-hybridized carbons (Fsp3) is 0.385. The zero-order valence-electron chi connectivity index (χ0n) is 9.70. The third kappa shape index (κ3) is 1.71. The van der Waals surface area contributed by atoms with E-state index < -0.39 is 0 Å². The van der Waals surface area contributed by atoms with E-state index in [2.05, 4.69) is 10.6 Å². The molecule has 0 spiro atoms. The van der Waals surface area contributed by atoms with Gasteiger partial charge in [-0.3, -0.25) is 14.9 Å². The number of carbonyl (C=O) groups excluding carboxylic acids is 2. The number of hydrogen-bond acceptors (Lipinski definition) is 3. The summed E-state index contributed by atoms with van der Waals surface area (Å²) in [5.74, 6) is -1.03. The van der Waals surface area contributed by atoms with Crippen LogP contribution in [0.4, 0.5) is 4.39 Å². The monoisotopic (exact) mass is 248 g/mol. The fourth-order valence-electron chi connectivity index (χ4n) is 2.76. The Bertz CT molecular complexity index is 530. The molecule has 2 N–H and O–H groups in total. The number of hydrogen-bond donors (Lipinski definition) is 2. The molecule has 4 nitrogen and oxygen atoms in total. The van der Waals surface area contributed by atoms with E-state index in [0.717, 1.165) is 5.56 Å². The first-order valence-corrected chi connectivity index (χ1v) is 6.01. The van der Waals surface area contributed by atoms with E-state index in [9.17, 15) is 14.0 Å². The van der Waals surface area contributed by atoms with E-state index in [0.29, 0.717) is 24.9 Å². The summed E-state index contributed by atoms with van der Waals surface area (Å²) in [6, 6.07) is 4.73. The van der Waals surface area contributed by atoms with Crippen molar-refractivity contribution >= 4 is 11.8 Å². The van der Waals surface area contributed by atoms with Gasteiger partial charge in [0, 0.05) is 24.6 Å². The summed E-state index contributed by atoms with van der Waals surface area (Å²) in [5.41, 5.74) is 1.47. The zero-order valence-corrected chi connectivity index (χ0v) is 9.70. The van der Waals surface area contributed by atoms with Crippen LogP contribution in [0.15, 0.2) is 18.2 Å². The van der Waals surface area contributed by atoms with Crippen molar-refractivity contribution in [1.82, 2.24) is 10.6 Å². The smallest absolute Gasteiger partial charge is 0.231 e. The maximum atomic E-state index is 13.6. The molecule has 0 aromatic heterocycles. The number of piperidine rings is 1. The number of rotatable bonds is 1. The van der Waals surface area contributed by atoms with Gasteiger partial charge < -0.3 is 5.32 Å². The summed E-state index contributed by atoms with van der Waals surface area (Å²) in [7, 11) is 0. The molecule has 2 amide bonds. The van der Waals surface area contributed by atoms with E-state index in [1.807, 2.05) is 6.07 Å². The lowest BCUT2D eigenvalue weighted by Crippen LogP contribution is -2.44. The quantitative estimate of drug-likeness (QED) is 0.730. The number of carbonyl (C=O) groups is 2. The van der Waals surface area contributed by atoms with Crippen LogP contribution in [0.25, 0.3) is 0 Å². The van der Waals surface area contributed by atoms with Crippen molar-refractivity contribution in [2.75, 3.05) is 0 Å². The van der Waals surface area contributed by atoms with E-state index in [1.54, 1.807) is 6.07 Å². The molecule has 2 aliphatic heterocycles. The minimum atomic E-state index is -0.300. The Balaban J connectivity index is 1.90. The Kier molecular flexibility index (Phi) is 2.63. The standard InChI is InChI=1S/C13H13FN2O2/c14-10-3-1-2-7-9(10)6-15-12(7)8-4-5-11(17)16-13(8)18/h1-3,8,12,15H,4-6H2,(H,16,17,18). The van der Waals surface area contributed by atoms with Gasteiger partial charge in [0.25, 0.3) is 0 Å². The largest absolute Gasteiger partial charge is 0.305 e. The third-order valence-electron chi connectivity index (χ3n) is 3.67. The second-order valence-electron chi connectivity index (χ2n) is 4.72. The molecule has 0 bridgehead atoms. The summed E-state index contributed by atoms with van der Waals surface area (Å²) in [6.45, 7) is 0.435. The maximum Gasteiger partial charge on any atom is 0.231 e. The molecule has 1 aromatic rings. The summed E-state index contributed by atoms with van der Waals surface area (Å²) in [6.07, 6.45) is 0.859. The molecule has 0 saturated carbocycles.